The number of amides is 1. The maximum Gasteiger partial charge on any atom is 0.258 e. The third-order valence-electron chi connectivity index (χ3n) is 4.80. The summed E-state index contributed by atoms with van der Waals surface area (Å²) in [6, 6.07) is 14.0. The van der Waals surface area contributed by atoms with Gasteiger partial charge in [-0.15, -0.1) is 0 Å². The first-order valence-electron chi connectivity index (χ1n) is 9.59. The second-order valence-electron chi connectivity index (χ2n) is 7.44. The van der Waals surface area contributed by atoms with Crippen LogP contribution in [-0.2, 0) is 0 Å². The average Bonchev–Trinajstić information content (AvgIpc) is 2.68. The van der Waals surface area contributed by atoms with Crippen molar-refractivity contribution in [1.29, 1.82) is 0 Å². The lowest BCUT2D eigenvalue weighted by Crippen LogP contribution is -2.14. The summed E-state index contributed by atoms with van der Waals surface area (Å²) in [7, 11) is 0. The van der Waals surface area contributed by atoms with Crippen molar-refractivity contribution in [3.8, 4) is 11.3 Å². The number of hydrogen-bond donors (Lipinski definition) is 1. The highest BCUT2D eigenvalue weighted by molar-refractivity contribution is 6.03. The number of rotatable bonds is 3. The van der Waals surface area contributed by atoms with Gasteiger partial charge in [-0.2, -0.15) is 0 Å². The van der Waals surface area contributed by atoms with Crippen LogP contribution in [0.15, 0.2) is 57.7 Å². The molecule has 2 aromatic carbocycles. The summed E-state index contributed by atoms with van der Waals surface area (Å²) in [6.07, 6.45) is 0. The molecule has 0 atom stereocenters. The topological polar surface area (TPSA) is 85.1 Å². The predicted molar refractivity (Wildman–Crippen MR) is 117 cm³/mol. The zero-order chi connectivity index (χ0) is 21.4. The van der Waals surface area contributed by atoms with Gasteiger partial charge in [-0.05, 0) is 63.1 Å². The Hall–Kier alpha value is -3.80. The molecule has 4 aromatic rings. The van der Waals surface area contributed by atoms with Crippen LogP contribution in [0.25, 0.3) is 22.3 Å². The van der Waals surface area contributed by atoms with E-state index in [0.717, 1.165) is 22.5 Å². The van der Waals surface area contributed by atoms with E-state index in [1.54, 1.807) is 24.3 Å². The number of carbonyl (C=O) groups is 1. The maximum atomic E-state index is 12.6. The highest BCUT2D eigenvalue weighted by atomic mass is 16.3. The zero-order valence-electron chi connectivity index (χ0n) is 17.2. The van der Waals surface area contributed by atoms with Gasteiger partial charge in [0.05, 0.1) is 5.39 Å². The smallest absolute Gasteiger partial charge is 0.258 e. The third kappa shape index (κ3) is 3.85. The molecule has 0 saturated heterocycles. The first-order chi connectivity index (χ1) is 14.3. The van der Waals surface area contributed by atoms with Gasteiger partial charge < -0.3 is 4.42 Å². The molecule has 2 heterocycles. The van der Waals surface area contributed by atoms with Gasteiger partial charge in [-0.25, -0.2) is 9.97 Å². The molecular formula is C24H21N3O3. The van der Waals surface area contributed by atoms with E-state index in [0.29, 0.717) is 27.9 Å². The van der Waals surface area contributed by atoms with Crippen LogP contribution in [0.1, 0.15) is 32.9 Å². The number of nitrogens with one attached hydrogen (secondary N) is 1. The van der Waals surface area contributed by atoms with Crippen LogP contribution in [0.5, 0.6) is 0 Å². The zero-order valence-corrected chi connectivity index (χ0v) is 17.2. The van der Waals surface area contributed by atoms with E-state index in [-0.39, 0.29) is 17.3 Å². The van der Waals surface area contributed by atoms with E-state index < -0.39 is 0 Å². The highest BCUT2D eigenvalue weighted by Crippen LogP contribution is 2.25. The number of benzene rings is 2. The van der Waals surface area contributed by atoms with Crippen LogP contribution in [0.3, 0.4) is 0 Å². The Labute approximate surface area is 173 Å². The molecule has 0 bridgehead atoms. The van der Waals surface area contributed by atoms with Gasteiger partial charge >= 0.3 is 0 Å². The number of carbonyl (C=O) groups excluding carboxylic acids is 1. The lowest BCUT2D eigenvalue weighted by atomic mass is 10.1. The van der Waals surface area contributed by atoms with Crippen LogP contribution in [0.4, 0.5) is 5.95 Å². The Balaban J connectivity index is 1.63. The standard InChI is InChI=1S/C24H21N3O3/c1-13-9-14(2)22-19(10-13)20(28)12-21(30-22)17-5-7-18(8-6-17)23(29)27-24-25-15(3)11-16(4)26-24/h5-12H,1-4H3,(H,25,26,27,29). The number of aryl methyl sites for hydroxylation is 4. The number of fused-ring (bicyclic) bond motifs is 1. The average molecular weight is 399 g/mol. The minimum atomic E-state index is -0.308. The Morgan fingerprint density at radius 2 is 1.57 bits per heavy atom. The monoisotopic (exact) mass is 399 g/mol. The first kappa shape index (κ1) is 19.5. The minimum Gasteiger partial charge on any atom is -0.456 e. The van der Waals surface area contributed by atoms with Crippen LogP contribution < -0.4 is 10.7 Å². The predicted octanol–water partition coefficient (Wildman–Crippen LogP) is 4.74. The summed E-state index contributed by atoms with van der Waals surface area (Å²) >= 11 is 0. The van der Waals surface area contributed by atoms with Crippen molar-refractivity contribution in [2.75, 3.05) is 5.32 Å². The Bertz CT molecular complexity index is 1320. The molecule has 4 rings (SSSR count). The molecule has 0 saturated carbocycles. The lowest BCUT2D eigenvalue weighted by molar-refractivity contribution is 0.102. The summed E-state index contributed by atoms with van der Waals surface area (Å²) in [5.74, 6) is 0.426. The van der Waals surface area contributed by atoms with Gasteiger partial charge in [0.15, 0.2) is 5.43 Å². The molecule has 0 aliphatic carbocycles. The molecule has 0 spiro atoms. The maximum absolute atomic E-state index is 12.6. The fraction of sp³-hybridized carbons (Fsp3) is 0.167. The van der Waals surface area contributed by atoms with E-state index >= 15 is 0 Å². The normalized spacial score (nSPS) is 10.9. The largest absolute Gasteiger partial charge is 0.456 e. The number of aromatic nitrogens is 2. The van der Waals surface area contributed by atoms with E-state index in [1.807, 2.05) is 45.9 Å². The Morgan fingerprint density at radius 1 is 0.900 bits per heavy atom. The van der Waals surface area contributed by atoms with Crippen molar-refractivity contribution in [2.24, 2.45) is 0 Å². The molecule has 0 fully saturated rings. The van der Waals surface area contributed by atoms with Gasteiger partial charge in [-0.3, -0.25) is 14.9 Å². The van der Waals surface area contributed by atoms with E-state index in [4.69, 9.17) is 4.42 Å². The highest BCUT2D eigenvalue weighted by Gasteiger charge is 2.12. The van der Waals surface area contributed by atoms with Crippen LogP contribution in [-0.4, -0.2) is 15.9 Å². The molecule has 0 unspecified atom stereocenters. The summed E-state index contributed by atoms with van der Waals surface area (Å²) in [5.41, 5.74) is 5.15. The van der Waals surface area contributed by atoms with E-state index in [2.05, 4.69) is 15.3 Å². The van der Waals surface area contributed by atoms with Crippen molar-refractivity contribution < 1.29 is 9.21 Å². The van der Waals surface area contributed by atoms with E-state index in [9.17, 15) is 9.59 Å². The molecule has 2 aromatic heterocycles. The molecule has 1 amide bonds. The van der Waals surface area contributed by atoms with Gasteiger partial charge in [0.25, 0.3) is 5.91 Å². The SMILES string of the molecule is Cc1cc(C)c2oc(-c3ccc(C(=O)Nc4nc(C)cc(C)n4)cc3)cc(=O)c2c1. The molecule has 6 nitrogen and oxygen atoms in total. The van der Waals surface area contributed by atoms with Crippen molar-refractivity contribution >= 4 is 22.8 Å². The number of hydrogen-bond acceptors (Lipinski definition) is 5. The molecular weight excluding hydrogens is 378 g/mol. The third-order valence-corrected chi connectivity index (χ3v) is 4.80. The first-order valence-corrected chi connectivity index (χ1v) is 9.59. The van der Waals surface area contributed by atoms with Gasteiger partial charge in [0, 0.05) is 28.6 Å². The van der Waals surface area contributed by atoms with Crippen molar-refractivity contribution in [3.05, 3.63) is 86.8 Å². The Morgan fingerprint density at radius 3 is 2.23 bits per heavy atom. The summed E-state index contributed by atoms with van der Waals surface area (Å²) in [4.78, 5) is 33.5. The molecule has 30 heavy (non-hydrogen) atoms. The quantitative estimate of drug-likeness (QED) is 0.538. The number of anilines is 1. The Kier molecular flexibility index (Phi) is 4.91. The van der Waals surface area contributed by atoms with Crippen molar-refractivity contribution in [1.82, 2.24) is 9.97 Å². The summed E-state index contributed by atoms with van der Waals surface area (Å²) in [5, 5.41) is 3.28. The van der Waals surface area contributed by atoms with Crippen molar-refractivity contribution in [3.63, 3.8) is 0 Å². The molecule has 1 N–H and O–H groups in total. The van der Waals surface area contributed by atoms with Crippen LogP contribution >= 0.6 is 0 Å². The minimum absolute atomic E-state index is 0.0909. The van der Waals surface area contributed by atoms with Crippen molar-refractivity contribution in [2.45, 2.75) is 27.7 Å². The van der Waals surface area contributed by atoms with Crippen LogP contribution in [0, 0.1) is 27.7 Å². The molecule has 0 aliphatic rings. The molecule has 0 radical (unpaired) electrons. The molecule has 150 valence electrons. The fourth-order valence-electron chi connectivity index (χ4n) is 3.49. The molecule has 6 heteroatoms. The van der Waals surface area contributed by atoms with Gasteiger partial charge in [0.2, 0.25) is 5.95 Å². The lowest BCUT2D eigenvalue weighted by Gasteiger charge is -2.08. The van der Waals surface area contributed by atoms with Gasteiger partial charge in [0.1, 0.15) is 11.3 Å². The summed E-state index contributed by atoms with van der Waals surface area (Å²) in [6.45, 7) is 7.57. The van der Waals surface area contributed by atoms with E-state index in [1.165, 1.54) is 6.07 Å². The second kappa shape index (κ2) is 7.55. The summed E-state index contributed by atoms with van der Waals surface area (Å²) < 4.78 is 6.02. The van der Waals surface area contributed by atoms with Gasteiger partial charge in [-0.1, -0.05) is 18.2 Å². The second-order valence-corrected chi connectivity index (χ2v) is 7.44. The van der Waals surface area contributed by atoms with Crippen LogP contribution in [0.2, 0.25) is 0 Å². The fourth-order valence-corrected chi connectivity index (χ4v) is 3.49. The number of nitrogens with zero attached hydrogens (tertiary/aromatic N) is 2. The molecule has 0 aliphatic heterocycles.